The van der Waals surface area contributed by atoms with Crippen molar-refractivity contribution in [3.05, 3.63) is 11.6 Å². The molecule has 0 aliphatic rings. The third kappa shape index (κ3) is 4.63. The van der Waals surface area contributed by atoms with Crippen molar-refractivity contribution in [2.24, 2.45) is 0 Å². The van der Waals surface area contributed by atoms with Gasteiger partial charge >= 0.3 is 0 Å². The van der Waals surface area contributed by atoms with Crippen LogP contribution < -0.4 is 0 Å². The van der Waals surface area contributed by atoms with Crippen molar-refractivity contribution in [2.45, 2.75) is 58.7 Å². The first kappa shape index (κ1) is 12.9. The predicted molar refractivity (Wildman–Crippen MR) is 62.4 cm³/mol. The summed E-state index contributed by atoms with van der Waals surface area (Å²) < 4.78 is 0. The molecular weight excluding hydrogens is 176 g/mol. The molecule has 0 atom stereocenters. The van der Waals surface area contributed by atoms with Crippen molar-refractivity contribution in [2.75, 3.05) is 0 Å². The summed E-state index contributed by atoms with van der Waals surface area (Å²) in [4.78, 5) is 10.0. The van der Waals surface area contributed by atoms with E-state index in [2.05, 4.69) is 33.8 Å². The van der Waals surface area contributed by atoms with E-state index < -0.39 is 8.32 Å². The lowest BCUT2D eigenvalue weighted by atomic mass is 10.1. The fraction of sp³-hybridized carbons (Fsp3) is 0.818. The zero-order chi connectivity index (χ0) is 10.7. The van der Waals surface area contributed by atoms with Crippen molar-refractivity contribution in [3.63, 3.8) is 0 Å². The zero-order valence-corrected chi connectivity index (χ0v) is 10.9. The normalized spacial score (nSPS) is 12.8. The average molecular weight is 200 g/mol. The van der Waals surface area contributed by atoms with Crippen LogP contribution in [0.1, 0.15) is 40.5 Å². The lowest BCUT2D eigenvalue weighted by Crippen LogP contribution is -2.38. The minimum Gasteiger partial charge on any atom is -0.432 e. The molecule has 2 heteroatoms. The highest BCUT2D eigenvalue weighted by Gasteiger charge is 2.36. The molecule has 0 spiro atoms. The van der Waals surface area contributed by atoms with Crippen LogP contribution in [-0.2, 0) is 0 Å². The van der Waals surface area contributed by atoms with Crippen molar-refractivity contribution in [1.29, 1.82) is 0 Å². The Morgan fingerprint density at radius 3 is 2.08 bits per heavy atom. The Hall–Kier alpha value is -0.0831. The Kier molecular flexibility index (Phi) is 4.40. The summed E-state index contributed by atoms with van der Waals surface area (Å²) in [7, 11) is -1.99. The van der Waals surface area contributed by atoms with Gasteiger partial charge in [0.25, 0.3) is 0 Å². The molecule has 0 heterocycles. The minimum absolute atomic E-state index is 0.124. The fourth-order valence-corrected chi connectivity index (χ4v) is 1.78. The van der Waals surface area contributed by atoms with Gasteiger partial charge in [0.05, 0.1) is 0 Å². The van der Waals surface area contributed by atoms with Gasteiger partial charge in [-0.05, 0) is 44.8 Å². The molecule has 0 aromatic rings. The molecule has 0 aliphatic carbocycles. The summed E-state index contributed by atoms with van der Waals surface area (Å²) in [6, 6.07) is 0. The molecule has 0 aliphatic heterocycles. The Morgan fingerprint density at radius 1 is 1.31 bits per heavy atom. The molecule has 0 bridgehead atoms. The maximum atomic E-state index is 10.0. The molecular formula is C11H24OSi. The molecule has 13 heavy (non-hydrogen) atoms. The maximum absolute atomic E-state index is 10.0. The highest BCUT2D eigenvalue weighted by molar-refractivity contribution is 6.72. The van der Waals surface area contributed by atoms with Crippen LogP contribution in [-0.4, -0.2) is 13.1 Å². The van der Waals surface area contributed by atoms with Gasteiger partial charge in [-0.1, -0.05) is 25.5 Å². The quantitative estimate of drug-likeness (QED) is 0.542. The van der Waals surface area contributed by atoms with E-state index >= 15 is 0 Å². The van der Waals surface area contributed by atoms with Gasteiger partial charge in [-0.15, -0.1) is 0 Å². The molecule has 78 valence electrons. The Labute approximate surface area is 84.0 Å². The van der Waals surface area contributed by atoms with Crippen molar-refractivity contribution in [3.8, 4) is 0 Å². The molecule has 0 rings (SSSR count). The van der Waals surface area contributed by atoms with E-state index in [1.54, 1.807) is 0 Å². The molecule has 0 saturated heterocycles. The summed E-state index contributed by atoms with van der Waals surface area (Å²) in [5.74, 6) is 0. The first-order valence-corrected chi connectivity index (χ1v) is 7.97. The lowest BCUT2D eigenvalue weighted by Gasteiger charge is -2.34. The number of hydrogen-bond acceptors (Lipinski definition) is 1. The summed E-state index contributed by atoms with van der Waals surface area (Å²) in [6.07, 6.45) is 4.43. The van der Waals surface area contributed by atoms with Crippen LogP contribution in [0.5, 0.6) is 0 Å². The van der Waals surface area contributed by atoms with Gasteiger partial charge in [-0.2, -0.15) is 0 Å². The topological polar surface area (TPSA) is 20.2 Å². The van der Waals surface area contributed by atoms with Crippen LogP contribution in [0.3, 0.4) is 0 Å². The second-order valence-electron chi connectivity index (χ2n) is 5.26. The number of allylic oxidation sites excluding steroid dienone is 2. The summed E-state index contributed by atoms with van der Waals surface area (Å²) in [6.45, 7) is 12.6. The highest BCUT2D eigenvalue weighted by Crippen LogP contribution is 2.39. The van der Waals surface area contributed by atoms with Crippen LogP contribution in [0.15, 0.2) is 11.6 Å². The van der Waals surface area contributed by atoms with Crippen LogP contribution in [0.2, 0.25) is 18.1 Å². The average Bonchev–Trinajstić information content (AvgIpc) is 1.82. The monoisotopic (exact) mass is 200 g/mol. The highest BCUT2D eigenvalue weighted by atomic mass is 28.4. The van der Waals surface area contributed by atoms with Gasteiger partial charge in [0, 0.05) is 0 Å². The van der Waals surface area contributed by atoms with Gasteiger partial charge in [0.15, 0.2) is 8.32 Å². The molecule has 1 N–H and O–H groups in total. The summed E-state index contributed by atoms with van der Waals surface area (Å²) in [5.41, 5.74) is 1.37. The second-order valence-corrected chi connectivity index (χ2v) is 9.73. The van der Waals surface area contributed by atoms with E-state index in [0.29, 0.717) is 0 Å². The van der Waals surface area contributed by atoms with Gasteiger partial charge in [-0.25, -0.2) is 0 Å². The summed E-state index contributed by atoms with van der Waals surface area (Å²) in [5, 5.41) is 0.124. The molecule has 0 radical (unpaired) electrons. The molecule has 1 nitrogen and oxygen atoms in total. The number of hydrogen-bond donors (Lipinski definition) is 1. The van der Waals surface area contributed by atoms with E-state index in [9.17, 15) is 4.80 Å². The number of rotatable bonds is 4. The predicted octanol–water partition coefficient (Wildman–Crippen LogP) is 3.71. The van der Waals surface area contributed by atoms with E-state index in [-0.39, 0.29) is 5.04 Å². The molecule has 0 fully saturated rings. The molecule has 0 saturated carbocycles. The van der Waals surface area contributed by atoms with E-state index in [4.69, 9.17) is 0 Å². The molecule has 0 amide bonds. The Bertz CT molecular complexity index is 183. The van der Waals surface area contributed by atoms with Crippen molar-refractivity contribution < 1.29 is 4.80 Å². The van der Waals surface area contributed by atoms with Crippen LogP contribution in [0.4, 0.5) is 0 Å². The smallest absolute Gasteiger partial charge is 0.188 e. The van der Waals surface area contributed by atoms with E-state index in [0.717, 1.165) is 12.8 Å². The van der Waals surface area contributed by atoms with Gasteiger partial charge in [0.1, 0.15) is 0 Å². The van der Waals surface area contributed by atoms with Crippen molar-refractivity contribution in [1.82, 2.24) is 0 Å². The third-order valence-electron chi connectivity index (χ3n) is 2.98. The molecule has 0 aromatic carbocycles. The fourth-order valence-electron chi connectivity index (χ4n) is 1.03. The van der Waals surface area contributed by atoms with Crippen LogP contribution >= 0.6 is 0 Å². The van der Waals surface area contributed by atoms with Gasteiger partial charge in [0.2, 0.25) is 0 Å². The van der Waals surface area contributed by atoms with Crippen molar-refractivity contribution >= 4 is 8.32 Å². The Morgan fingerprint density at radius 2 is 1.77 bits per heavy atom. The molecule has 0 unspecified atom stereocenters. The standard InChI is InChI=1S/C11H24OSi/c1-10(2)8-7-9-11(3,4)13(5,6)12/h8,12H,7,9H2,1-6H3. The second kappa shape index (κ2) is 4.42. The van der Waals surface area contributed by atoms with Crippen LogP contribution in [0.25, 0.3) is 0 Å². The zero-order valence-electron chi connectivity index (χ0n) is 9.94. The largest absolute Gasteiger partial charge is 0.432 e. The van der Waals surface area contributed by atoms with Gasteiger partial charge in [-0.3, -0.25) is 0 Å². The Balaban J connectivity index is 4.12. The maximum Gasteiger partial charge on any atom is 0.188 e. The van der Waals surface area contributed by atoms with E-state index in [1.807, 2.05) is 13.1 Å². The van der Waals surface area contributed by atoms with Gasteiger partial charge < -0.3 is 4.80 Å². The first-order chi connectivity index (χ1) is 5.67. The summed E-state index contributed by atoms with van der Waals surface area (Å²) >= 11 is 0. The first-order valence-electron chi connectivity index (χ1n) is 5.02. The SMILES string of the molecule is CC(C)=CCCC(C)(C)[Si](C)(C)O. The lowest BCUT2D eigenvalue weighted by molar-refractivity contribution is 0.453. The molecule has 0 aromatic heterocycles. The third-order valence-corrected chi connectivity index (χ3v) is 6.54. The minimum atomic E-state index is -1.99. The van der Waals surface area contributed by atoms with E-state index in [1.165, 1.54) is 5.57 Å². The van der Waals surface area contributed by atoms with Crippen LogP contribution in [0, 0.1) is 0 Å².